The van der Waals surface area contributed by atoms with Gasteiger partial charge < -0.3 is 9.47 Å². The first-order chi connectivity index (χ1) is 12.2. The SMILES string of the molecule is COc1ccc(C(=O)N2CCN=C2SCc2ccccc2)c(OC)c1. The summed E-state index contributed by atoms with van der Waals surface area (Å²) in [5.41, 5.74) is 1.72. The largest absolute Gasteiger partial charge is 0.497 e. The predicted octanol–water partition coefficient (Wildman–Crippen LogP) is 3.45. The first-order valence-electron chi connectivity index (χ1n) is 7.98. The summed E-state index contributed by atoms with van der Waals surface area (Å²) in [5, 5.41) is 0.756. The van der Waals surface area contributed by atoms with Crippen molar-refractivity contribution in [3.63, 3.8) is 0 Å². The Labute approximate surface area is 151 Å². The van der Waals surface area contributed by atoms with E-state index in [0.29, 0.717) is 30.2 Å². The van der Waals surface area contributed by atoms with E-state index in [1.54, 1.807) is 49.1 Å². The molecule has 3 rings (SSSR count). The molecule has 0 spiro atoms. The molecule has 0 N–H and O–H groups in total. The van der Waals surface area contributed by atoms with Crippen LogP contribution in [-0.4, -0.2) is 43.3 Å². The van der Waals surface area contributed by atoms with Gasteiger partial charge in [0, 0.05) is 18.4 Å². The highest BCUT2D eigenvalue weighted by atomic mass is 32.2. The molecule has 0 saturated carbocycles. The van der Waals surface area contributed by atoms with E-state index >= 15 is 0 Å². The van der Waals surface area contributed by atoms with Gasteiger partial charge in [-0.2, -0.15) is 0 Å². The molecule has 1 amide bonds. The molecule has 2 aromatic carbocycles. The Morgan fingerprint density at radius 2 is 1.96 bits per heavy atom. The van der Waals surface area contributed by atoms with Gasteiger partial charge in [0.25, 0.3) is 5.91 Å². The van der Waals surface area contributed by atoms with Crippen LogP contribution < -0.4 is 9.47 Å². The lowest BCUT2D eigenvalue weighted by Gasteiger charge is -2.19. The molecule has 5 nitrogen and oxygen atoms in total. The van der Waals surface area contributed by atoms with E-state index < -0.39 is 0 Å². The molecular weight excluding hydrogens is 336 g/mol. The molecular formula is C19H20N2O3S. The summed E-state index contributed by atoms with van der Waals surface area (Å²) >= 11 is 1.58. The molecule has 0 radical (unpaired) electrons. The van der Waals surface area contributed by atoms with Gasteiger partial charge in [-0.1, -0.05) is 42.1 Å². The lowest BCUT2D eigenvalue weighted by molar-refractivity contribution is 0.0857. The molecule has 6 heteroatoms. The maximum Gasteiger partial charge on any atom is 0.263 e. The third kappa shape index (κ3) is 3.96. The van der Waals surface area contributed by atoms with E-state index in [0.717, 1.165) is 10.9 Å². The highest BCUT2D eigenvalue weighted by Crippen LogP contribution is 2.28. The number of benzene rings is 2. The molecule has 0 atom stereocenters. The fourth-order valence-corrected chi connectivity index (χ4v) is 3.58. The van der Waals surface area contributed by atoms with Crippen LogP contribution in [0, 0.1) is 0 Å². The Morgan fingerprint density at radius 3 is 2.68 bits per heavy atom. The maximum absolute atomic E-state index is 13.0. The topological polar surface area (TPSA) is 51.1 Å². The van der Waals surface area contributed by atoms with Gasteiger partial charge in [0.15, 0.2) is 5.17 Å². The number of aliphatic imine (C=N–C) groups is 1. The van der Waals surface area contributed by atoms with Crippen molar-refractivity contribution in [3.8, 4) is 11.5 Å². The van der Waals surface area contributed by atoms with Crippen molar-refractivity contribution in [1.82, 2.24) is 4.90 Å². The fourth-order valence-electron chi connectivity index (χ4n) is 2.58. The minimum atomic E-state index is -0.101. The Bertz CT molecular complexity index is 777. The van der Waals surface area contributed by atoms with Gasteiger partial charge in [-0.15, -0.1) is 0 Å². The van der Waals surface area contributed by atoms with Crippen molar-refractivity contribution in [2.45, 2.75) is 5.75 Å². The minimum Gasteiger partial charge on any atom is -0.497 e. The lowest BCUT2D eigenvalue weighted by Crippen LogP contribution is -2.33. The van der Waals surface area contributed by atoms with Crippen molar-refractivity contribution >= 4 is 22.8 Å². The van der Waals surface area contributed by atoms with Crippen molar-refractivity contribution in [2.24, 2.45) is 4.99 Å². The van der Waals surface area contributed by atoms with E-state index in [-0.39, 0.29) is 5.91 Å². The maximum atomic E-state index is 13.0. The van der Waals surface area contributed by atoms with Gasteiger partial charge in [-0.05, 0) is 17.7 Å². The second-order valence-corrected chi connectivity index (χ2v) is 6.40. The smallest absolute Gasteiger partial charge is 0.263 e. The molecule has 1 aliphatic rings. The second kappa shape index (κ2) is 8.07. The highest BCUT2D eigenvalue weighted by Gasteiger charge is 2.27. The van der Waals surface area contributed by atoms with Crippen LogP contribution in [-0.2, 0) is 5.75 Å². The summed E-state index contributed by atoms with van der Waals surface area (Å²) in [7, 11) is 3.14. The number of hydrogen-bond donors (Lipinski definition) is 0. The van der Waals surface area contributed by atoms with Gasteiger partial charge in [0.05, 0.1) is 26.3 Å². The number of methoxy groups -OCH3 is 2. The third-order valence-electron chi connectivity index (χ3n) is 3.90. The summed E-state index contributed by atoms with van der Waals surface area (Å²) in [5.74, 6) is 1.84. The van der Waals surface area contributed by atoms with Crippen LogP contribution in [0.1, 0.15) is 15.9 Å². The van der Waals surface area contributed by atoms with Crippen molar-refractivity contribution in [3.05, 3.63) is 59.7 Å². The average Bonchev–Trinajstić information content (AvgIpc) is 3.14. The number of amidine groups is 1. The standard InChI is InChI=1S/C19H20N2O3S/c1-23-15-8-9-16(17(12-15)24-2)18(22)21-11-10-20-19(21)25-13-14-6-4-3-5-7-14/h3-9,12H,10-11,13H2,1-2H3. The van der Waals surface area contributed by atoms with Crippen molar-refractivity contribution in [2.75, 3.05) is 27.3 Å². The molecule has 2 aromatic rings. The van der Waals surface area contributed by atoms with Crippen LogP contribution in [0.25, 0.3) is 0 Å². The predicted molar refractivity (Wildman–Crippen MR) is 101 cm³/mol. The zero-order valence-corrected chi connectivity index (χ0v) is 15.1. The Hall–Kier alpha value is -2.47. The quantitative estimate of drug-likeness (QED) is 0.823. The Morgan fingerprint density at radius 1 is 1.16 bits per heavy atom. The summed E-state index contributed by atoms with van der Waals surface area (Å²) in [6.45, 7) is 1.21. The van der Waals surface area contributed by atoms with Gasteiger partial charge in [0.1, 0.15) is 11.5 Å². The zero-order valence-electron chi connectivity index (χ0n) is 14.3. The van der Waals surface area contributed by atoms with Crippen LogP contribution in [0.15, 0.2) is 53.5 Å². The Balaban J connectivity index is 1.74. The van der Waals surface area contributed by atoms with Gasteiger partial charge in [-0.25, -0.2) is 0 Å². The summed E-state index contributed by atoms with van der Waals surface area (Å²) in [4.78, 5) is 19.2. The Kier molecular flexibility index (Phi) is 5.60. The summed E-state index contributed by atoms with van der Waals surface area (Å²) < 4.78 is 10.6. The molecule has 0 aromatic heterocycles. The highest BCUT2D eigenvalue weighted by molar-refractivity contribution is 8.13. The lowest BCUT2D eigenvalue weighted by atomic mass is 10.1. The first kappa shape index (κ1) is 17.4. The summed E-state index contributed by atoms with van der Waals surface area (Å²) in [6.07, 6.45) is 0. The van der Waals surface area contributed by atoms with E-state index in [1.165, 1.54) is 5.56 Å². The van der Waals surface area contributed by atoms with Crippen LogP contribution in [0.2, 0.25) is 0 Å². The second-order valence-electron chi connectivity index (χ2n) is 5.46. The number of rotatable bonds is 5. The number of amides is 1. The number of thioether (sulfide) groups is 1. The van der Waals surface area contributed by atoms with Crippen LogP contribution in [0.3, 0.4) is 0 Å². The third-order valence-corrected chi connectivity index (χ3v) is 4.98. The van der Waals surface area contributed by atoms with E-state index in [1.807, 2.05) is 18.2 Å². The number of ether oxygens (including phenoxy) is 2. The van der Waals surface area contributed by atoms with Crippen molar-refractivity contribution < 1.29 is 14.3 Å². The molecule has 0 saturated heterocycles. The average molecular weight is 356 g/mol. The number of hydrogen-bond acceptors (Lipinski definition) is 5. The van der Waals surface area contributed by atoms with Crippen LogP contribution in [0.4, 0.5) is 0 Å². The molecule has 1 aliphatic heterocycles. The van der Waals surface area contributed by atoms with Crippen molar-refractivity contribution in [1.29, 1.82) is 0 Å². The molecule has 0 fully saturated rings. The van der Waals surface area contributed by atoms with Gasteiger partial charge >= 0.3 is 0 Å². The molecule has 25 heavy (non-hydrogen) atoms. The number of nitrogens with zero attached hydrogens (tertiary/aromatic N) is 2. The van der Waals surface area contributed by atoms with E-state index in [9.17, 15) is 4.79 Å². The molecule has 0 unspecified atom stereocenters. The summed E-state index contributed by atoms with van der Waals surface area (Å²) in [6, 6.07) is 15.4. The van der Waals surface area contributed by atoms with Gasteiger partial charge in [0.2, 0.25) is 0 Å². The minimum absolute atomic E-state index is 0.101. The first-order valence-corrected chi connectivity index (χ1v) is 8.96. The number of carbonyl (C=O) groups excluding carboxylic acids is 1. The molecule has 130 valence electrons. The van der Waals surface area contributed by atoms with Crippen LogP contribution >= 0.6 is 11.8 Å². The van der Waals surface area contributed by atoms with Gasteiger partial charge in [-0.3, -0.25) is 14.7 Å². The molecule has 1 heterocycles. The van der Waals surface area contributed by atoms with E-state index in [4.69, 9.17) is 9.47 Å². The molecule has 0 bridgehead atoms. The normalized spacial score (nSPS) is 13.5. The fraction of sp³-hybridized carbons (Fsp3) is 0.263. The van der Waals surface area contributed by atoms with Crippen LogP contribution in [0.5, 0.6) is 11.5 Å². The number of carbonyl (C=O) groups is 1. The monoisotopic (exact) mass is 356 g/mol. The zero-order chi connectivity index (χ0) is 17.6. The van der Waals surface area contributed by atoms with E-state index in [2.05, 4.69) is 17.1 Å². The molecule has 0 aliphatic carbocycles.